The Hall–Kier alpha value is -3.02. The molecule has 126 valence electrons. The summed E-state index contributed by atoms with van der Waals surface area (Å²) in [5.41, 5.74) is 1.53. The predicted molar refractivity (Wildman–Crippen MR) is 95.5 cm³/mol. The zero-order valence-electron chi connectivity index (χ0n) is 13.8. The largest absolute Gasteiger partial charge is 0.357 e. The van der Waals surface area contributed by atoms with Crippen LogP contribution in [0.2, 0.25) is 0 Å². The van der Waals surface area contributed by atoms with E-state index in [1.807, 2.05) is 36.2 Å². The van der Waals surface area contributed by atoms with Gasteiger partial charge in [0.1, 0.15) is 5.82 Å². The molecule has 5 nitrogen and oxygen atoms in total. The molecule has 0 atom stereocenters. The number of aromatic nitrogens is 2. The minimum absolute atomic E-state index is 0.0490. The van der Waals surface area contributed by atoms with E-state index < -0.39 is 5.82 Å². The van der Waals surface area contributed by atoms with Gasteiger partial charge in [-0.25, -0.2) is 14.4 Å². The topological polar surface area (TPSA) is 49.3 Å². The van der Waals surface area contributed by atoms with Crippen molar-refractivity contribution in [3.8, 4) is 0 Å². The second-order valence-corrected chi connectivity index (χ2v) is 6.07. The molecule has 2 aromatic carbocycles. The van der Waals surface area contributed by atoms with Crippen LogP contribution in [0.5, 0.6) is 0 Å². The SMILES string of the molecule is CN1CCCN(C(=O)c2ccccc2F)c2nc3ccccc3nc21. The van der Waals surface area contributed by atoms with Crippen LogP contribution in [0.25, 0.3) is 11.0 Å². The molecule has 0 saturated carbocycles. The fraction of sp³-hybridized carbons (Fsp3) is 0.211. The second-order valence-electron chi connectivity index (χ2n) is 6.07. The first-order valence-electron chi connectivity index (χ1n) is 8.19. The quantitative estimate of drug-likeness (QED) is 0.684. The molecule has 0 saturated heterocycles. The highest BCUT2D eigenvalue weighted by Gasteiger charge is 2.28. The van der Waals surface area contributed by atoms with Crippen LogP contribution in [0.15, 0.2) is 48.5 Å². The van der Waals surface area contributed by atoms with E-state index in [4.69, 9.17) is 0 Å². The molecule has 1 aliphatic rings. The van der Waals surface area contributed by atoms with E-state index in [0.29, 0.717) is 23.7 Å². The van der Waals surface area contributed by atoms with Crippen molar-refractivity contribution < 1.29 is 9.18 Å². The Labute approximate surface area is 144 Å². The smallest absolute Gasteiger partial charge is 0.262 e. The van der Waals surface area contributed by atoms with E-state index >= 15 is 0 Å². The van der Waals surface area contributed by atoms with E-state index in [2.05, 4.69) is 9.97 Å². The summed E-state index contributed by atoms with van der Waals surface area (Å²) in [6, 6.07) is 13.6. The third-order valence-corrected chi connectivity index (χ3v) is 4.38. The maximum absolute atomic E-state index is 14.1. The lowest BCUT2D eigenvalue weighted by Gasteiger charge is -2.23. The van der Waals surface area contributed by atoms with Crippen molar-refractivity contribution in [3.05, 3.63) is 59.9 Å². The van der Waals surface area contributed by atoms with Gasteiger partial charge in [0.25, 0.3) is 5.91 Å². The number of fused-ring (bicyclic) bond motifs is 2. The first-order chi connectivity index (χ1) is 12.1. The molecule has 3 aromatic rings. The Morgan fingerprint density at radius 1 is 0.960 bits per heavy atom. The highest BCUT2D eigenvalue weighted by Crippen LogP contribution is 2.31. The van der Waals surface area contributed by atoms with Gasteiger partial charge in [0.2, 0.25) is 0 Å². The minimum atomic E-state index is -0.527. The molecule has 0 fully saturated rings. The molecular weight excluding hydrogens is 319 g/mol. The van der Waals surface area contributed by atoms with E-state index in [9.17, 15) is 9.18 Å². The van der Waals surface area contributed by atoms with Gasteiger partial charge in [-0.05, 0) is 30.7 Å². The third kappa shape index (κ3) is 2.69. The van der Waals surface area contributed by atoms with Crippen LogP contribution in [-0.4, -0.2) is 36.0 Å². The molecule has 4 rings (SSSR count). The van der Waals surface area contributed by atoms with Crippen molar-refractivity contribution in [2.45, 2.75) is 6.42 Å². The molecule has 6 heteroatoms. The Bertz CT molecular complexity index is 959. The number of amides is 1. The molecule has 1 aromatic heterocycles. The lowest BCUT2D eigenvalue weighted by atomic mass is 10.2. The number of nitrogens with zero attached hydrogens (tertiary/aromatic N) is 4. The summed E-state index contributed by atoms with van der Waals surface area (Å²) in [4.78, 5) is 25.8. The lowest BCUT2D eigenvalue weighted by molar-refractivity contribution is 0.0982. The zero-order valence-corrected chi connectivity index (χ0v) is 13.8. The number of rotatable bonds is 1. The normalized spacial score (nSPS) is 14.3. The standard InChI is InChI=1S/C19H17FN4O/c1-23-11-6-12-24(19(25)13-7-2-3-8-14(13)20)18-17(23)21-15-9-4-5-10-16(15)22-18/h2-5,7-10H,6,11-12H2,1H3. The summed E-state index contributed by atoms with van der Waals surface area (Å²) in [6.45, 7) is 1.22. The molecule has 1 aliphatic heterocycles. The number of benzene rings is 2. The number of anilines is 2. The average molecular weight is 336 g/mol. The summed E-state index contributed by atoms with van der Waals surface area (Å²) >= 11 is 0. The fourth-order valence-corrected chi connectivity index (χ4v) is 3.07. The predicted octanol–water partition coefficient (Wildman–Crippen LogP) is 3.26. The van der Waals surface area contributed by atoms with Crippen molar-refractivity contribution in [2.75, 3.05) is 29.9 Å². The van der Waals surface area contributed by atoms with E-state index in [1.54, 1.807) is 12.1 Å². The molecule has 0 bridgehead atoms. The monoisotopic (exact) mass is 336 g/mol. The van der Waals surface area contributed by atoms with Crippen LogP contribution in [0.3, 0.4) is 0 Å². The number of carbonyl (C=O) groups is 1. The highest BCUT2D eigenvalue weighted by atomic mass is 19.1. The molecule has 0 aliphatic carbocycles. The summed E-state index contributed by atoms with van der Waals surface area (Å²) in [7, 11) is 1.93. The minimum Gasteiger partial charge on any atom is -0.357 e. The van der Waals surface area contributed by atoms with Crippen molar-refractivity contribution in [1.29, 1.82) is 0 Å². The second kappa shape index (κ2) is 6.12. The van der Waals surface area contributed by atoms with Gasteiger partial charge in [-0.2, -0.15) is 0 Å². The van der Waals surface area contributed by atoms with Gasteiger partial charge < -0.3 is 4.90 Å². The molecule has 2 heterocycles. The molecule has 0 N–H and O–H groups in total. The molecule has 0 unspecified atom stereocenters. The van der Waals surface area contributed by atoms with Crippen molar-refractivity contribution in [1.82, 2.24) is 9.97 Å². The van der Waals surface area contributed by atoms with Crippen LogP contribution < -0.4 is 9.80 Å². The Morgan fingerprint density at radius 3 is 2.32 bits per heavy atom. The summed E-state index contributed by atoms with van der Waals surface area (Å²) in [5, 5.41) is 0. The van der Waals surface area contributed by atoms with E-state index in [1.165, 1.54) is 17.0 Å². The van der Waals surface area contributed by atoms with Crippen molar-refractivity contribution >= 4 is 28.6 Å². The third-order valence-electron chi connectivity index (χ3n) is 4.38. The maximum Gasteiger partial charge on any atom is 0.262 e. The van der Waals surface area contributed by atoms with E-state index in [-0.39, 0.29) is 11.5 Å². The van der Waals surface area contributed by atoms with Crippen LogP contribution in [0.1, 0.15) is 16.8 Å². The molecule has 25 heavy (non-hydrogen) atoms. The highest BCUT2D eigenvalue weighted by molar-refractivity contribution is 6.07. The summed E-state index contributed by atoms with van der Waals surface area (Å²) in [5.74, 6) is 0.201. The van der Waals surface area contributed by atoms with Gasteiger partial charge in [0, 0.05) is 20.1 Å². The summed E-state index contributed by atoms with van der Waals surface area (Å²) < 4.78 is 14.1. The molecular formula is C19H17FN4O. The lowest BCUT2D eigenvalue weighted by Crippen LogP contribution is -2.33. The van der Waals surface area contributed by atoms with Gasteiger partial charge >= 0.3 is 0 Å². The summed E-state index contributed by atoms with van der Waals surface area (Å²) in [6.07, 6.45) is 0.755. The van der Waals surface area contributed by atoms with Crippen LogP contribution in [-0.2, 0) is 0 Å². The number of para-hydroxylation sites is 2. The number of hydrogen-bond acceptors (Lipinski definition) is 4. The van der Waals surface area contributed by atoms with Gasteiger partial charge in [0.15, 0.2) is 11.6 Å². The van der Waals surface area contributed by atoms with E-state index in [0.717, 1.165) is 18.5 Å². The average Bonchev–Trinajstić information content (AvgIpc) is 2.79. The fourth-order valence-electron chi connectivity index (χ4n) is 3.07. The Morgan fingerprint density at radius 2 is 1.60 bits per heavy atom. The van der Waals surface area contributed by atoms with Crippen molar-refractivity contribution in [2.24, 2.45) is 0 Å². The molecule has 0 spiro atoms. The van der Waals surface area contributed by atoms with Crippen LogP contribution in [0.4, 0.5) is 16.0 Å². The Balaban J connectivity index is 1.87. The van der Waals surface area contributed by atoms with Crippen LogP contribution in [0, 0.1) is 5.82 Å². The van der Waals surface area contributed by atoms with Gasteiger partial charge in [0.05, 0.1) is 16.6 Å². The van der Waals surface area contributed by atoms with Gasteiger partial charge in [-0.15, -0.1) is 0 Å². The molecule has 1 amide bonds. The zero-order chi connectivity index (χ0) is 17.4. The maximum atomic E-state index is 14.1. The van der Waals surface area contributed by atoms with Gasteiger partial charge in [-0.1, -0.05) is 24.3 Å². The van der Waals surface area contributed by atoms with Crippen molar-refractivity contribution in [3.63, 3.8) is 0 Å². The first-order valence-corrected chi connectivity index (χ1v) is 8.19. The first kappa shape index (κ1) is 15.5. The Kier molecular flexibility index (Phi) is 3.80. The number of halogens is 1. The number of carbonyl (C=O) groups excluding carboxylic acids is 1. The van der Waals surface area contributed by atoms with Gasteiger partial charge in [-0.3, -0.25) is 9.69 Å². The number of hydrogen-bond donors (Lipinski definition) is 0. The molecule has 0 radical (unpaired) electrons. The van der Waals surface area contributed by atoms with Crippen LogP contribution >= 0.6 is 0 Å².